The summed E-state index contributed by atoms with van der Waals surface area (Å²) in [5, 5.41) is 5.54. The van der Waals surface area contributed by atoms with Gasteiger partial charge in [0.1, 0.15) is 11.5 Å². The van der Waals surface area contributed by atoms with E-state index in [1.54, 1.807) is 19.3 Å². The van der Waals surface area contributed by atoms with Gasteiger partial charge >= 0.3 is 0 Å². The Morgan fingerprint density at radius 2 is 1.90 bits per heavy atom. The van der Waals surface area contributed by atoms with Gasteiger partial charge in [0.05, 0.1) is 11.4 Å². The third kappa shape index (κ3) is 5.58. The standard InChI is InChI=1S/C23H30N6O2/c1-16-20(6-5-19(26-16)23(31)24-2)29-11-9-28(10-12-29)15-18-7-8-25-21(13-18)27-22(30)14-17-3-4-17/h5-8,13,17H,3-4,9-12,14-15H2,1-2H3,(H,24,31)(H,25,27,30). The van der Waals surface area contributed by atoms with E-state index in [9.17, 15) is 9.59 Å². The van der Waals surface area contributed by atoms with Crippen molar-refractivity contribution < 1.29 is 9.59 Å². The van der Waals surface area contributed by atoms with Crippen LogP contribution in [0.2, 0.25) is 0 Å². The van der Waals surface area contributed by atoms with Crippen molar-refractivity contribution in [3.63, 3.8) is 0 Å². The Labute approximate surface area is 183 Å². The fourth-order valence-electron chi connectivity index (χ4n) is 3.97. The van der Waals surface area contributed by atoms with E-state index in [-0.39, 0.29) is 11.8 Å². The highest BCUT2D eigenvalue weighted by Gasteiger charge is 2.24. The zero-order valence-corrected chi connectivity index (χ0v) is 18.2. The minimum absolute atomic E-state index is 0.0622. The van der Waals surface area contributed by atoms with Gasteiger partial charge < -0.3 is 15.5 Å². The van der Waals surface area contributed by atoms with E-state index < -0.39 is 0 Å². The summed E-state index contributed by atoms with van der Waals surface area (Å²) in [6.45, 7) is 6.44. The third-order valence-corrected chi connectivity index (χ3v) is 5.90. The first-order valence-electron chi connectivity index (χ1n) is 10.9. The Morgan fingerprint density at radius 3 is 2.58 bits per heavy atom. The van der Waals surface area contributed by atoms with Crippen molar-refractivity contribution in [2.24, 2.45) is 5.92 Å². The molecule has 3 heterocycles. The average Bonchev–Trinajstić information content (AvgIpc) is 3.58. The molecule has 1 aliphatic heterocycles. The maximum absolute atomic E-state index is 12.0. The molecule has 1 aliphatic carbocycles. The summed E-state index contributed by atoms with van der Waals surface area (Å²) in [5.41, 5.74) is 3.55. The summed E-state index contributed by atoms with van der Waals surface area (Å²) in [5.74, 6) is 1.10. The molecule has 0 bridgehead atoms. The van der Waals surface area contributed by atoms with Gasteiger partial charge in [-0.25, -0.2) is 9.97 Å². The second-order valence-electron chi connectivity index (χ2n) is 8.39. The monoisotopic (exact) mass is 422 g/mol. The van der Waals surface area contributed by atoms with Crippen molar-refractivity contribution in [2.75, 3.05) is 43.4 Å². The van der Waals surface area contributed by atoms with E-state index in [0.717, 1.165) is 49.7 Å². The number of nitrogens with one attached hydrogen (secondary N) is 2. The van der Waals surface area contributed by atoms with Gasteiger partial charge in [-0.1, -0.05) is 0 Å². The van der Waals surface area contributed by atoms with Crippen LogP contribution in [0.4, 0.5) is 11.5 Å². The van der Waals surface area contributed by atoms with Crippen molar-refractivity contribution in [3.8, 4) is 0 Å². The van der Waals surface area contributed by atoms with Crippen molar-refractivity contribution >= 4 is 23.3 Å². The first kappa shape index (κ1) is 21.2. The molecule has 8 heteroatoms. The highest BCUT2D eigenvalue weighted by atomic mass is 16.2. The molecule has 1 saturated heterocycles. The van der Waals surface area contributed by atoms with Crippen LogP contribution in [0.5, 0.6) is 0 Å². The number of pyridine rings is 2. The minimum atomic E-state index is -0.167. The molecule has 2 aliphatic rings. The molecule has 2 amide bonds. The molecule has 2 fully saturated rings. The lowest BCUT2D eigenvalue weighted by atomic mass is 10.2. The number of nitrogens with zero attached hydrogens (tertiary/aromatic N) is 4. The molecule has 4 rings (SSSR count). The lowest BCUT2D eigenvalue weighted by molar-refractivity contribution is -0.116. The van der Waals surface area contributed by atoms with Crippen LogP contribution in [0.15, 0.2) is 30.5 Å². The minimum Gasteiger partial charge on any atom is -0.368 e. The van der Waals surface area contributed by atoms with Crippen molar-refractivity contribution in [2.45, 2.75) is 32.7 Å². The van der Waals surface area contributed by atoms with Crippen molar-refractivity contribution in [1.29, 1.82) is 0 Å². The Bertz CT molecular complexity index is 951. The summed E-state index contributed by atoms with van der Waals surface area (Å²) in [7, 11) is 1.61. The van der Waals surface area contributed by atoms with E-state index in [1.165, 1.54) is 12.8 Å². The molecule has 2 aromatic heterocycles. The number of aryl methyl sites for hydroxylation is 1. The van der Waals surface area contributed by atoms with Crippen molar-refractivity contribution in [1.82, 2.24) is 20.2 Å². The predicted octanol–water partition coefficient (Wildman–Crippen LogP) is 2.21. The molecule has 0 aromatic carbocycles. The largest absolute Gasteiger partial charge is 0.368 e. The lowest BCUT2D eigenvalue weighted by Gasteiger charge is -2.36. The molecule has 8 nitrogen and oxygen atoms in total. The topological polar surface area (TPSA) is 90.5 Å². The number of carbonyl (C=O) groups excluding carboxylic acids is 2. The third-order valence-electron chi connectivity index (χ3n) is 5.90. The van der Waals surface area contributed by atoms with E-state index in [1.807, 2.05) is 25.1 Å². The van der Waals surface area contributed by atoms with E-state index in [4.69, 9.17) is 0 Å². The molecule has 0 spiro atoms. The molecule has 1 saturated carbocycles. The van der Waals surface area contributed by atoms with Crippen LogP contribution < -0.4 is 15.5 Å². The Kier molecular flexibility index (Phi) is 6.46. The molecule has 0 atom stereocenters. The second kappa shape index (κ2) is 9.43. The van der Waals surface area contributed by atoms with Gasteiger partial charge in [0, 0.05) is 52.4 Å². The smallest absolute Gasteiger partial charge is 0.269 e. The van der Waals surface area contributed by atoms with Gasteiger partial charge in [-0.2, -0.15) is 0 Å². The Balaban J connectivity index is 1.30. The van der Waals surface area contributed by atoms with Crippen LogP contribution in [0.25, 0.3) is 0 Å². The first-order chi connectivity index (χ1) is 15.0. The normalized spacial score (nSPS) is 16.8. The molecular weight excluding hydrogens is 392 g/mol. The van der Waals surface area contributed by atoms with Crippen LogP contribution in [0, 0.1) is 12.8 Å². The Hall–Kier alpha value is -3.00. The first-order valence-corrected chi connectivity index (χ1v) is 10.9. The molecule has 0 unspecified atom stereocenters. The van der Waals surface area contributed by atoms with Gasteiger partial charge in [0.25, 0.3) is 5.91 Å². The quantitative estimate of drug-likeness (QED) is 0.711. The zero-order chi connectivity index (χ0) is 21.8. The highest BCUT2D eigenvalue weighted by Crippen LogP contribution is 2.32. The zero-order valence-electron chi connectivity index (χ0n) is 18.2. The van der Waals surface area contributed by atoms with E-state index in [0.29, 0.717) is 23.9 Å². The summed E-state index contributed by atoms with van der Waals surface area (Å²) < 4.78 is 0. The molecule has 164 valence electrons. The van der Waals surface area contributed by atoms with Crippen LogP contribution >= 0.6 is 0 Å². The van der Waals surface area contributed by atoms with Crippen molar-refractivity contribution in [3.05, 3.63) is 47.4 Å². The van der Waals surface area contributed by atoms with Crippen LogP contribution in [0.1, 0.15) is 41.0 Å². The number of rotatable bonds is 7. The SMILES string of the molecule is CNC(=O)c1ccc(N2CCN(Cc3ccnc(NC(=O)CC4CC4)c3)CC2)c(C)n1. The summed E-state index contributed by atoms with van der Waals surface area (Å²) in [6, 6.07) is 7.75. The molecule has 2 aromatic rings. The molecule has 31 heavy (non-hydrogen) atoms. The van der Waals surface area contributed by atoms with Crippen LogP contribution in [0.3, 0.4) is 0 Å². The second-order valence-corrected chi connectivity index (χ2v) is 8.39. The number of amides is 2. The summed E-state index contributed by atoms with van der Waals surface area (Å²) in [6.07, 6.45) is 4.70. The van der Waals surface area contributed by atoms with Crippen LogP contribution in [-0.2, 0) is 11.3 Å². The predicted molar refractivity (Wildman–Crippen MR) is 120 cm³/mol. The van der Waals surface area contributed by atoms with Gasteiger partial charge in [-0.05, 0) is 55.5 Å². The van der Waals surface area contributed by atoms with Gasteiger partial charge in [0.15, 0.2) is 0 Å². The maximum atomic E-state index is 12.0. The Morgan fingerprint density at radius 1 is 1.13 bits per heavy atom. The summed E-state index contributed by atoms with van der Waals surface area (Å²) in [4.78, 5) is 37.3. The van der Waals surface area contributed by atoms with Gasteiger partial charge in [-0.15, -0.1) is 0 Å². The number of piperazine rings is 1. The number of aromatic nitrogens is 2. The van der Waals surface area contributed by atoms with Gasteiger partial charge in [-0.3, -0.25) is 14.5 Å². The van der Waals surface area contributed by atoms with E-state index in [2.05, 4.69) is 30.4 Å². The number of carbonyl (C=O) groups is 2. The van der Waals surface area contributed by atoms with Crippen LogP contribution in [-0.4, -0.2) is 59.9 Å². The lowest BCUT2D eigenvalue weighted by Crippen LogP contribution is -2.46. The number of hydrogen-bond donors (Lipinski definition) is 2. The highest BCUT2D eigenvalue weighted by molar-refractivity contribution is 5.92. The average molecular weight is 423 g/mol. The number of hydrogen-bond acceptors (Lipinski definition) is 6. The van der Waals surface area contributed by atoms with Gasteiger partial charge in [0.2, 0.25) is 5.91 Å². The fourth-order valence-corrected chi connectivity index (χ4v) is 3.97. The molecular formula is C23H30N6O2. The summed E-state index contributed by atoms with van der Waals surface area (Å²) >= 11 is 0. The van der Waals surface area contributed by atoms with E-state index >= 15 is 0 Å². The molecule has 0 radical (unpaired) electrons. The molecule has 2 N–H and O–H groups in total. The maximum Gasteiger partial charge on any atom is 0.269 e. The number of anilines is 2. The fraction of sp³-hybridized carbons (Fsp3) is 0.478.